The minimum atomic E-state index is -4.33. The first kappa shape index (κ1) is 18.7. The van der Waals surface area contributed by atoms with Crippen LogP contribution in [0.3, 0.4) is 0 Å². The molecule has 4 rings (SSSR count). The predicted molar refractivity (Wildman–Crippen MR) is 95.1 cm³/mol. The van der Waals surface area contributed by atoms with Crippen molar-refractivity contribution in [2.24, 2.45) is 0 Å². The van der Waals surface area contributed by atoms with Crippen LogP contribution in [0.15, 0.2) is 53.7 Å². The highest BCUT2D eigenvalue weighted by atomic mass is 32.2. The van der Waals surface area contributed by atoms with Gasteiger partial charge in [-0.2, -0.15) is 8.42 Å². The molecule has 1 aliphatic heterocycles. The van der Waals surface area contributed by atoms with Crippen LogP contribution in [-0.2, 0) is 19.7 Å². The number of fused-ring (bicyclic) bond motifs is 1. The first-order chi connectivity index (χ1) is 12.8. The van der Waals surface area contributed by atoms with Crippen LogP contribution in [0.25, 0.3) is 22.2 Å². The fraction of sp³-hybridized carbons (Fsp3) is 0.118. The maximum absolute atomic E-state index is 11.1. The van der Waals surface area contributed by atoms with Gasteiger partial charge < -0.3 is 10.1 Å². The summed E-state index contributed by atoms with van der Waals surface area (Å²) in [4.78, 5) is 26.9. The van der Waals surface area contributed by atoms with E-state index in [9.17, 15) is 18.0 Å². The lowest BCUT2D eigenvalue weighted by Gasteiger charge is -2.01. The molecule has 0 spiro atoms. The van der Waals surface area contributed by atoms with E-state index in [1.165, 1.54) is 0 Å². The number of amides is 2. The van der Waals surface area contributed by atoms with E-state index in [2.05, 4.69) is 9.97 Å². The number of hydrogen-bond donors (Lipinski definition) is 4. The van der Waals surface area contributed by atoms with Gasteiger partial charge in [0, 0.05) is 5.56 Å². The molecule has 3 aromatic rings. The predicted octanol–water partition coefficient (Wildman–Crippen LogP) is 0.870. The van der Waals surface area contributed by atoms with E-state index in [4.69, 9.17) is 9.66 Å². The van der Waals surface area contributed by atoms with Gasteiger partial charge in [0.1, 0.15) is 6.10 Å². The Kier molecular flexibility index (Phi) is 5.04. The molecular formula is C17H15N3O6S. The minimum Gasteiger partial charge on any atom is -0.383 e. The first-order valence-electron chi connectivity index (χ1n) is 7.79. The molecule has 0 bridgehead atoms. The zero-order valence-electron chi connectivity index (χ0n) is 13.8. The summed E-state index contributed by atoms with van der Waals surface area (Å²) < 4.78 is 31.3. The van der Waals surface area contributed by atoms with Gasteiger partial charge in [-0.1, -0.05) is 42.5 Å². The van der Waals surface area contributed by atoms with E-state index in [1.807, 2.05) is 41.7 Å². The van der Waals surface area contributed by atoms with Crippen LogP contribution in [0.4, 0.5) is 0 Å². The second-order valence-corrected chi connectivity index (χ2v) is 7.05. The molecule has 27 heavy (non-hydrogen) atoms. The van der Waals surface area contributed by atoms with E-state index in [-0.39, 0.29) is 6.42 Å². The molecule has 0 aliphatic carbocycles. The quantitative estimate of drug-likeness (QED) is 0.375. The van der Waals surface area contributed by atoms with Crippen molar-refractivity contribution in [3.05, 3.63) is 48.5 Å². The number of aliphatic hydroxyl groups excluding tert-OH is 1. The lowest BCUT2D eigenvalue weighted by Crippen LogP contribution is -2.24. The molecule has 9 nitrogen and oxygen atoms in total. The number of carbonyl (C=O) groups is 2. The summed E-state index contributed by atoms with van der Waals surface area (Å²) in [6.07, 6.45) is -1.19. The van der Waals surface area contributed by atoms with Crippen molar-refractivity contribution in [2.45, 2.75) is 17.7 Å². The Labute approximate surface area is 153 Å². The normalized spacial score (nSPS) is 16.7. The van der Waals surface area contributed by atoms with Crippen LogP contribution < -0.4 is 5.32 Å². The Morgan fingerprint density at radius 3 is 2.26 bits per heavy atom. The molecule has 1 aliphatic rings. The van der Waals surface area contributed by atoms with E-state index < -0.39 is 33.2 Å². The van der Waals surface area contributed by atoms with Crippen molar-refractivity contribution >= 4 is 33.0 Å². The second-order valence-electron chi connectivity index (χ2n) is 5.72. The van der Waals surface area contributed by atoms with Gasteiger partial charge in [0.2, 0.25) is 5.91 Å². The Balaban J connectivity index is 0.000000221. The maximum atomic E-state index is 11.1. The Bertz CT molecular complexity index is 1110. The van der Waals surface area contributed by atoms with Crippen molar-refractivity contribution < 1.29 is 27.7 Å². The molecule has 140 valence electrons. The van der Waals surface area contributed by atoms with Crippen LogP contribution in [0.5, 0.6) is 0 Å². The fourth-order valence-corrected chi connectivity index (χ4v) is 2.97. The second kappa shape index (κ2) is 7.27. The highest BCUT2D eigenvalue weighted by molar-refractivity contribution is 7.85. The van der Waals surface area contributed by atoms with Gasteiger partial charge in [0.25, 0.3) is 11.1 Å². The largest absolute Gasteiger partial charge is 0.383 e. The molecular weight excluding hydrogens is 374 g/mol. The average molecular weight is 389 g/mol. The summed E-state index contributed by atoms with van der Waals surface area (Å²) in [5, 5.41) is 10.0. The summed E-state index contributed by atoms with van der Waals surface area (Å²) in [7, 11) is -4.33. The lowest BCUT2D eigenvalue weighted by atomic mass is 10.0. The zero-order valence-corrected chi connectivity index (χ0v) is 14.6. The third-order valence-electron chi connectivity index (χ3n) is 3.76. The monoisotopic (exact) mass is 389 g/mol. The van der Waals surface area contributed by atoms with Gasteiger partial charge in [-0.3, -0.25) is 19.5 Å². The molecule has 1 fully saturated rings. The van der Waals surface area contributed by atoms with Crippen LogP contribution in [0, 0.1) is 0 Å². The molecule has 1 unspecified atom stereocenters. The third kappa shape index (κ3) is 4.19. The Hall–Kier alpha value is -3.08. The number of hydrogen-bond acceptors (Lipinski definition) is 6. The highest BCUT2D eigenvalue weighted by Crippen LogP contribution is 2.27. The van der Waals surface area contributed by atoms with Gasteiger partial charge in [0.15, 0.2) is 0 Å². The number of aromatic amines is 1. The van der Waals surface area contributed by atoms with Crippen molar-refractivity contribution in [1.82, 2.24) is 15.3 Å². The van der Waals surface area contributed by atoms with Gasteiger partial charge in [-0.15, -0.1) is 0 Å². The summed E-state index contributed by atoms with van der Waals surface area (Å²) in [6.45, 7) is 0. The number of para-hydroxylation sites is 1. The molecule has 2 aromatic carbocycles. The van der Waals surface area contributed by atoms with Gasteiger partial charge in [-0.05, 0) is 11.6 Å². The summed E-state index contributed by atoms with van der Waals surface area (Å²) in [5.74, 6) is -0.988. The van der Waals surface area contributed by atoms with Crippen molar-refractivity contribution in [3.63, 3.8) is 0 Å². The van der Waals surface area contributed by atoms with Crippen LogP contribution >= 0.6 is 0 Å². The van der Waals surface area contributed by atoms with E-state index >= 15 is 0 Å². The molecule has 2 heterocycles. The number of benzene rings is 2. The summed E-state index contributed by atoms with van der Waals surface area (Å²) in [6, 6.07) is 14.9. The molecule has 4 N–H and O–H groups in total. The van der Waals surface area contributed by atoms with Crippen LogP contribution in [-0.4, -0.2) is 46.0 Å². The van der Waals surface area contributed by atoms with Gasteiger partial charge >= 0.3 is 10.1 Å². The maximum Gasteiger partial charge on any atom is 0.328 e. The molecule has 0 saturated carbocycles. The molecule has 1 aromatic heterocycles. The van der Waals surface area contributed by atoms with Crippen LogP contribution in [0.1, 0.15) is 6.42 Å². The van der Waals surface area contributed by atoms with E-state index in [0.29, 0.717) is 11.0 Å². The summed E-state index contributed by atoms with van der Waals surface area (Å²) >= 11 is 0. The topological polar surface area (TPSA) is 149 Å². The summed E-state index contributed by atoms with van der Waals surface area (Å²) in [5.41, 5.74) is 2.82. The van der Waals surface area contributed by atoms with Gasteiger partial charge in [-0.25, -0.2) is 4.98 Å². The fourth-order valence-electron chi connectivity index (χ4n) is 2.52. The minimum absolute atomic E-state index is 0.0845. The molecule has 0 radical (unpaired) electrons. The average Bonchev–Trinajstić information content (AvgIpc) is 3.18. The molecule has 10 heteroatoms. The van der Waals surface area contributed by atoms with Gasteiger partial charge in [0.05, 0.1) is 17.5 Å². The van der Waals surface area contributed by atoms with Crippen LogP contribution in [0.2, 0.25) is 0 Å². The number of imide groups is 1. The highest BCUT2D eigenvalue weighted by Gasteiger charge is 2.27. The molecule has 1 saturated heterocycles. The number of imidazole rings is 1. The SMILES string of the molecule is O=C1CC(O)C(=O)N1.O=S(=O)(O)c1nc2c(-c3ccccc3)cccc2[nH]1. The van der Waals surface area contributed by atoms with E-state index in [0.717, 1.165) is 11.1 Å². The number of aromatic nitrogens is 2. The van der Waals surface area contributed by atoms with Crippen molar-refractivity contribution in [3.8, 4) is 11.1 Å². The number of nitrogens with one attached hydrogen (secondary N) is 2. The number of rotatable bonds is 2. The van der Waals surface area contributed by atoms with Crippen molar-refractivity contribution in [2.75, 3.05) is 0 Å². The molecule has 1 atom stereocenters. The van der Waals surface area contributed by atoms with Crippen molar-refractivity contribution in [1.29, 1.82) is 0 Å². The van der Waals surface area contributed by atoms with E-state index in [1.54, 1.807) is 12.1 Å². The third-order valence-corrected chi connectivity index (χ3v) is 4.45. The standard InChI is InChI=1S/C13H10N2O3S.C4H5NO3/c16-19(17,18)13-14-11-8-4-7-10(12(11)15-13)9-5-2-1-3-6-9;6-2-1-3(7)5-4(2)8/h1-8H,(H,14,15)(H,16,17,18);2,6H,1H2,(H,5,7,8). The first-order valence-corrected chi connectivity index (χ1v) is 9.23. The molecule has 2 amide bonds. The number of nitrogens with zero attached hydrogens (tertiary/aromatic N) is 1. The number of aliphatic hydroxyl groups is 1. The lowest BCUT2D eigenvalue weighted by molar-refractivity contribution is -0.127. The Morgan fingerprint density at radius 1 is 1.04 bits per heavy atom. The number of carbonyl (C=O) groups excluding carboxylic acids is 2. The number of H-pyrrole nitrogens is 1. The smallest absolute Gasteiger partial charge is 0.328 e. The Morgan fingerprint density at radius 2 is 1.74 bits per heavy atom. The zero-order chi connectivity index (χ0) is 19.6.